The van der Waals surface area contributed by atoms with Gasteiger partial charge in [-0.15, -0.1) is 0 Å². The summed E-state index contributed by atoms with van der Waals surface area (Å²) in [6.45, 7) is 1.20. The fraction of sp³-hybridized carbons (Fsp3) is 0.333. The second kappa shape index (κ2) is 8.40. The fourth-order valence-corrected chi connectivity index (χ4v) is 2.32. The van der Waals surface area contributed by atoms with E-state index in [1.165, 1.54) is 12.1 Å². The third-order valence-electron chi connectivity index (χ3n) is 2.22. The monoisotopic (exact) mass is 554 g/mol. The Hall–Kier alpha value is -0.470. The second-order valence-electron chi connectivity index (χ2n) is 4.13. The van der Waals surface area contributed by atoms with Crippen LogP contribution in [0.2, 0.25) is 0 Å². The first-order valence-corrected chi connectivity index (χ1v) is 9.80. The van der Waals surface area contributed by atoms with Crippen molar-refractivity contribution in [3.05, 3.63) is 27.3 Å². The predicted octanol–water partition coefficient (Wildman–Crippen LogP) is 2.06. The number of hydrogen-bond donors (Lipinski definition) is 1. The molecule has 0 heterocycles. The summed E-state index contributed by atoms with van der Waals surface area (Å²) >= 11 is 3.85. The summed E-state index contributed by atoms with van der Waals surface area (Å²) in [7, 11) is -4.19. The van der Waals surface area contributed by atoms with Crippen LogP contribution >= 0.6 is 45.2 Å². The van der Waals surface area contributed by atoms with Crippen LogP contribution < -0.4 is 4.74 Å². The fourth-order valence-electron chi connectivity index (χ4n) is 1.26. The van der Waals surface area contributed by atoms with Crippen LogP contribution in [0.25, 0.3) is 0 Å². The van der Waals surface area contributed by atoms with E-state index in [0.717, 1.165) is 0 Å². The summed E-state index contributed by atoms with van der Waals surface area (Å²) in [5.41, 5.74) is 0.117. The van der Waals surface area contributed by atoms with Crippen molar-refractivity contribution in [2.24, 2.45) is 0 Å². The highest BCUT2D eigenvalue weighted by Crippen LogP contribution is 2.20. The molecule has 1 unspecified atom stereocenters. The summed E-state index contributed by atoms with van der Waals surface area (Å²) < 4.78 is 39.8. The summed E-state index contributed by atoms with van der Waals surface area (Å²) in [4.78, 5) is 23.4. The first-order valence-electron chi connectivity index (χ1n) is 5.87. The average Bonchev–Trinajstić information content (AvgIpc) is 2.36. The van der Waals surface area contributed by atoms with E-state index >= 15 is 0 Å². The number of benzene rings is 1. The van der Waals surface area contributed by atoms with Crippen molar-refractivity contribution in [2.45, 2.75) is 10.8 Å². The molecule has 1 rings (SSSR count). The van der Waals surface area contributed by atoms with E-state index in [0.29, 0.717) is 3.57 Å². The lowest BCUT2D eigenvalue weighted by atomic mass is 10.2. The zero-order chi connectivity index (χ0) is 16.9. The minimum absolute atomic E-state index is 0.117. The van der Waals surface area contributed by atoms with Gasteiger partial charge in [0.15, 0.2) is 0 Å². The van der Waals surface area contributed by atoms with Crippen molar-refractivity contribution in [2.75, 3.05) is 12.4 Å². The maximum absolute atomic E-state index is 11.8. The standard InChI is InChI=1S/C12H12I2O7S/c1-7(13)11(15)21-10-5-8(4-9(14)6-10)12(16)20-2-3-22(17,18)19/h4-7H,2-3H2,1H3,(H,17,18,19). The molecule has 1 N–H and O–H groups in total. The minimum Gasteiger partial charge on any atom is -0.461 e. The molecule has 1 aromatic carbocycles. The van der Waals surface area contributed by atoms with Gasteiger partial charge in [0.05, 0.1) is 5.56 Å². The Kier molecular flexibility index (Phi) is 7.48. The molecule has 0 saturated carbocycles. The summed E-state index contributed by atoms with van der Waals surface area (Å²) in [5, 5.41) is 0. The van der Waals surface area contributed by atoms with Crippen molar-refractivity contribution in [3.8, 4) is 5.75 Å². The smallest absolute Gasteiger partial charge is 0.338 e. The van der Waals surface area contributed by atoms with Gasteiger partial charge < -0.3 is 9.47 Å². The Labute approximate surface area is 154 Å². The largest absolute Gasteiger partial charge is 0.461 e. The number of carbonyl (C=O) groups is 2. The molecule has 122 valence electrons. The lowest BCUT2D eigenvalue weighted by Gasteiger charge is -2.09. The van der Waals surface area contributed by atoms with Gasteiger partial charge in [-0.1, -0.05) is 22.6 Å². The molecule has 0 fully saturated rings. The van der Waals surface area contributed by atoms with Crippen molar-refractivity contribution in [1.82, 2.24) is 0 Å². The molecule has 0 aliphatic heterocycles. The molecular formula is C12H12I2O7S. The molecule has 10 heteroatoms. The minimum atomic E-state index is -4.19. The van der Waals surface area contributed by atoms with Crippen LogP contribution in [0.1, 0.15) is 17.3 Å². The van der Waals surface area contributed by atoms with Gasteiger partial charge in [0.25, 0.3) is 10.1 Å². The molecule has 0 amide bonds. The number of carbonyl (C=O) groups excluding carboxylic acids is 2. The highest BCUT2D eigenvalue weighted by Gasteiger charge is 2.15. The molecule has 0 bridgehead atoms. The Morgan fingerprint density at radius 1 is 1.32 bits per heavy atom. The van der Waals surface area contributed by atoms with E-state index in [9.17, 15) is 18.0 Å². The highest BCUT2D eigenvalue weighted by atomic mass is 127. The number of alkyl halides is 1. The van der Waals surface area contributed by atoms with E-state index in [1.807, 2.05) is 45.2 Å². The summed E-state index contributed by atoms with van der Waals surface area (Å²) in [6.07, 6.45) is 0. The van der Waals surface area contributed by atoms with Gasteiger partial charge in [-0.3, -0.25) is 9.35 Å². The van der Waals surface area contributed by atoms with Gasteiger partial charge in [0.2, 0.25) is 0 Å². The van der Waals surface area contributed by atoms with Crippen molar-refractivity contribution in [3.63, 3.8) is 0 Å². The molecule has 1 atom stereocenters. The molecule has 0 aromatic heterocycles. The van der Waals surface area contributed by atoms with Crippen LogP contribution in [0.3, 0.4) is 0 Å². The van der Waals surface area contributed by atoms with Crippen LogP contribution in [-0.2, 0) is 19.6 Å². The zero-order valence-electron chi connectivity index (χ0n) is 11.3. The van der Waals surface area contributed by atoms with Crippen LogP contribution in [-0.4, -0.2) is 41.2 Å². The quantitative estimate of drug-likeness (QED) is 0.189. The lowest BCUT2D eigenvalue weighted by Crippen LogP contribution is -2.18. The van der Waals surface area contributed by atoms with Gasteiger partial charge in [-0.05, 0) is 47.7 Å². The van der Waals surface area contributed by atoms with Crippen LogP contribution in [0.5, 0.6) is 5.75 Å². The van der Waals surface area contributed by atoms with Gasteiger partial charge in [-0.25, -0.2) is 4.79 Å². The number of esters is 2. The van der Waals surface area contributed by atoms with Crippen LogP contribution in [0, 0.1) is 3.57 Å². The number of rotatable bonds is 6. The third kappa shape index (κ3) is 7.19. The summed E-state index contributed by atoms with van der Waals surface area (Å²) in [5.74, 6) is -1.71. The van der Waals surface area contributed by atoms with E-state index < -0.39 is 34.4 Å². The molecule has 0 radical (unpaired) electrons. The number of ether oxygens (including phenoxy) is 2. The van der Waals surface area contributed by atoms with E-state index in [-0.39, 0.29) is 15.2 Å². The number of halogens is 2. The Balaban J connectivity index is 2.80. The Morgan fingerprint density at radius 2 is 1.95 bits per heavy atom. The van der Waals surface area contributed by atoms with Gasteiger partial charge in [-0.2, -0.15) is 8.42 Å². The van der Waals surface area contributed by atoms with Gasteiger partial charge in [0, 0.05) is 3.57 Å². The van der Waals surface area contributed by atoms with E-state index in [1.54, 1.807) is 13.0 Å². The normalized spacial score (nSPS) is 12.5. The molecule has 0 aliphatic carbocycles. The molecule has 1 aromatic rings. The van der Waals surface area contributed by atoms with Gasteiger partial charge in [0.1, 0.15) is 22.0 Å². The molecule has 0 saturated heterocycles. The topological polar surface area (TPSA) is 107 Å². The van der Waals surface area contributed by atoms with Crippen LogP contribution in [0.4, 0.5) is 0 Å². The highest BCUT2D eigenvalue weighted by molar-refractivity contribution is 14.1. The van der Waals surface area contributed by atoms with Crippen molar-refractivity contribution in [1.29, 1.82) is 0 Å². The van der Waals surface area contributed by atoms with Crippen molar-refractivity contribution >= 4 is 67.2 Å². The molecule has 7 nitrogen and oxygen atoms in total. The Morgan fingerprint density at radius 3 is 2.50 bits per heavy atom. The number of hydrogen-bond acceptors (Lipinski definition) is 6. The first-order chi connectivity index (χ1) is 10.1. The molecule has 0 aliphatic rings. The third-order valence-corrected chi connectivity index (χ3v) is 4.04. The second-order valence-corrected chi connectivity index (χ2v) is 8.82. The van der Waals surface area contributed by atoms with Gasteiger partial charge >= 0.3 is 11.9 Å². The maximum Gasteiger partial charge on any atom is 0.338 e. The average molecular weight is 554 g/mol. The predicted molar refractivity (Wildman–Crippen MR) is 95.0 cm³/mol. The lowest BCUT2D eigenvalue weighted by molar-refractivity contribution is -0.133. The molecule has 0 spiro atoms. The van der Waals surface area contributed by atoms with E-state index in [4.69, 9.17) is 14.0 Å². The zero-order valence-corrected chi connectivity index (χ0v) is 16.4. The maximum atomic E-state index is 11.8. The first kappa shape index (κ1) is 19.6. The Bertz CT molecular complexity index is 670. The van der Waals surface area contributed by atoms with E-state index in [2.05, 4.69) is 0 Å². The molecule has 22 heavy (non-hydrogen) atoms. The van der Waals surface area contributed by atoms with Crippen molar-refractivity contribution < 1.29 is 32.0 Å². The molecular weight excluding hydrogens is 542 g/mol. The van der Waals surface area contributed by atoms with Crippen LogP contribution in [0.15, 0.2) is 18.2 Å². The SMILES string of the molecule is CC(I)C(=O)Oc1cc(I)cc(C(=O)OCCS(=O)(=O)O)c1. The summed E-state index contributed by atoms with van der Waals surface area (Å²) in [6, 6.07) is 4.41.